The van der Waals surface area contributed by atoms with E-state index in [4.69, 9.17) is 20.8 Å². The van der Waals surface area contributed by atoms with Gasteiger partial charge in [0.15, 0.2) is 0 Å². The minimum atomic E-state index is -0.593. The fourth-order valence-electron chi connectivity index (χ4n) is 1.77. The first-order valence-electron chi connectivity index (χ1n) is 6.35. The van der Waals surface area contributed by atoms with E-state index in [9.17, 15) is 4.79 Å². The minimum Gasteiger partial charge on any atom is -0.459 e. The zero-order chi connectivity index (χ0) is 14.5. The van der Waals surface area contributed by atoms with Gasteiger partial charge in [-0.15, -0.1) is 10.2 Å². The number of esters is 1. The number of nitrogens with zero attached hydrogens (tertiary/aromatic N) is 2. The van der Waals surface area contributed by atoms with Gasteiger partial charge in [0.25, 0.3) is 0 Å². The molecule has 1 heterocycles. The van der Waals surface area contributed by atoms with Crippen LogP contribution in [-0.2, 0) is 11.2 Å². The average Bonchev–Trinajstić information content (AvgIpc) is 2.91. The topological polar surface area (TPSA) is 65.2 Å². The molecule has 0 bridgehead atoms. The van der Waals surface area contributed by atoms with Crippen molar-refractivity contribution in [2.45, 2.75) is 26.2 Å². The highest BCUT2D eigenvalue weighted by atomic mass is 35.5. The van der Waals surface area contributed by atoms with Crippen molar-refractivity contribution in [2.24, 2.45) is 0 Å². The predicted octanol–water partition coefficient (Wildman–Crippen LogP) is 3.25. The fraction of sp³-hybridized carbons (Fsp3) is 0.357. The molecule has 0 aliphatic heterocycles. The third-order valence-corrected chi connectivity index (χ3v) is 3.02. The molecule has 0 fully saturated rings. The molecular weight excluding hydrogens is 280 g/mol. The lowest BCUT2D eigenvalue weighted by Gasteiger charge is -2.06. The minimum absolute atomic E-state index is 0.00634. The largest absolute Gasteiger partial charge is 0.459 e. The Kier molecular flexibility index (Phi) is 4.74. The molecule has 0 aliphatic rings. The van der Waals surface area contributed by atoms with Gasteiger partial charge < -0.3 is 9.15 Å². The molecule has 2 aromatic rings. The van der Waals surface area contributed by atoms with Gasteiger partial charge >= 0.3 is 11.9 Å². The molecule has 1 aromatic heterocycles. The monoisotopic (exact) mass is 294 g/mol. The number of carbonyl (C=O) groups excluding carboxylic acids is 1. The summed E-state index contributed by atoms with van der Waals surface area (Å²) in [5.41, 5.74) is 1.11. The van der Waals surface area contributed by atoms with E-state index >= 15 is 0 Å². The maximum Gasteiger partial charge on any atom is 0.396 e. The van der Waals surface area contributed by atoms with Gasteiger partial charge in [-0.05, 0) is 31.0 Å². The molecule has 1 aromatic carbocycles. The van der Waals surface area contributed by atoms with E-state index in [-0.39, 0.29) is 18.4 Å². The summed E-state index contributed by atoms with van der Waals surface area (Å²) >= 11 is 5.84. The van der Waals surface area contributed by atoms with Crippen LogP contribution in [0.1, 0.15) is 41.9 Å². The normalized spacial score (nSPS) is 12.2. The highest BCUT2D eigenvalue weighted by Crippen LogP contribution is 2.20. The van der Waals surface area contributed by atoms with Crippen LogP contribution in [-0.4, -0.2) is 22.8 Å². The molecule has 106 valence electrons. The summed E-state index contributed by atoms with van der Waals surface area (Å²) in [4.78, 5) is 11.4. The van der Waals surface area contributed by atoms with Gasteiger partial charge in [0.2, 0.25) is 5.89 Å². The molecule has 0 radical (unpaired) electrons. The van der Waals surface area contributed by atoms with Crippen molar-refractivity contribution in [2.75, 3.05) is 6.61 Å². The van der Waals surface area contributed by atoms with E-state index in [1.165, 1.54) is 0 Å². The third-order valence-electron chi connectivity index (χ3n) is 2.77. The van der Waals surface area contributed by atoms with Crippen LogP contribution < -0.4 is 0 Å². The molecule has 5 nitrogen and oxygen atoms in total. The van der Waals surface area contributed by atoms with Crippen molar-refractivity contribution in [3.8, 4) is 0 Å². The third kappa shape index (κ3) is 3.57. The van der Waals surface area contributed by atoms with Crippen LogP contribution in [0, 0.1) is 0 Å². The molecule has 0 unspecified atom stereocenters. The zero-order valence-corrected chi connectivity index (χ0v) is 12.1. The Balaban J connectivity index is 2.04. The second-order valence-corrected chi connectivity index (χ2v) is 4.83. The van der Waals surface area contributed by atoms with Crippen molar-refractivity contribution in [1.82, 2.24) is 10.2 Å². The standard InChI is InChI=1S/C14H15ClN2O3/c1-3-19-14(18)13-17-16-12(20-13)9(2)8-10-4-6-11(15)7-5-10/h4-7,9H,3,8H2,1-2H3/t9-/m0/s1. The smallest absolute Gasteiger partial charge is 0.396 e. The SMILES string of the molecule is CCOC(=O)c1nnc([C@@H](C)Cc2ccc(Cl)cc2)o1. The lowest BCUT2D eigenvalue weighted by molar-refractivity contribution is 0.0478. The highest BCUT2D eigenvalue weighted by molar-refractivity contribution is 6.30. The summed E-state index contributed by atoms with van der Waals surface area (Å²) in [6, 6.07) is 7.56. The Morgan fingerprint density at radius 1 is 1.35 bits per heavy atom. The van der Waals surface area contributed by atoms with Crippen LogP contribution in [0.25, 0.3) is 0 Å². The van der Waals surface area contributed by atoms with Gasteiger partial charge in [-0.3, -0.25) is 0 Å². The van der Waals surface area contributed by atoms with Crippen molar-refractivity contribution >= 4 is 17.6 Å². The number of rotatable bonds is 5. The molecule has 0 amide bonds. The number of hydrogen-bond donors (Lipinski definition) is 0. The van der Waals surface area contributed by atoms with Gasteiger partial charge in [0.1, 0.15) is 0 Å². The Bertz CT molecular complexity index is 580. The maximum absolute atomic E-state index is 11.4. The molecule has 1 atom stereocenters. The maximum atomic E-state index is 11.4. The summed E-state index contributed by atoms with van der Waals surface area (Å²) in [5.74, 6) is -0.274. The Labute approximate surface area is 121 Å². The van der Waals surface area contributed by atoms with Crippen molar-refractivity contribution in [3.63, 3.8) is 0 Å². The van der Waals surface area contributed by atoms with Gasteiger partial charge in [-0.2, -0.15) is 0 Å². The van der Waals surface area contributed by atoms with Crippen LogP contribution in [0.15, 0.2) is 28.7 Å². The first-order chi connectivity index (χ1) is 9.60. The summed E-state index contributed by atoms with van der Waals surface area (Å²) < 4.78 is 10.1. The van der Waals surface area contributed by atoms with Gasteiger partial charge in [0.05, 0.1) is 6.61 Å². The number of halogens is 1. The Morgan fingerprint density at radius 3 is 2.70 bits per heavy atom. The fourth-order valence-corrected chi connectivity index (χ4v) is 1.90. The Morgan fingerprint density at radius 2 is 2.05 bits per heavy atom. The van der Waals surface area contributed by atoms with Gasteiger partial charge in [0, 0.05) is 10.9 Å². The molecule has 0 saturated heterocycles. The number of carbonyl (C=O) groups is 1. The molecule has 0 N–H and O–H groups in total. The van der Waals surface area contributed by atoms with Crippen LogP contribution in [0.2, 0.25) is 5.02 Å². The average molecular weight is 295 g/mol. The Hall–Kier alpha value is -1.88. The lowest BCUT2D eigenvalue weighted by atomic mass is 10.0. The molecular formula is C14H15ClN2O3. The molecule has 2 rings (SSSR count). The number of benzene rings is 1. The summed E-state index contributed by atoms with van der Waals surface area (Å²) in [5, 5.41) is 8.29. The number of hydrogen-bond acceptors (Lipinski definition) is 5. The van der Waals surface area contributed by atoms with E-state index in [1.54, 1.807) is 6.92 Å². The van der Waals surface area contributed by atoms with Crippen molar-refractivity contribution in [3.05, 3.63) is 46.6 Å². The van der Waals surface area contributed by atoms with Crippen molar-refractivity contribution < 1.29 is 13.9 Å². The second-order valence-electron chi connectivity index (χ2n) is 4.40. The molecule has 0 spiro atoms. The first kappa shape index (κ1) is 14.5. The first-order valence-corrected chi connectivity index (χ1v) is 6.73. The summed E-state index contributed by atoms with van der Waals surface area (Å²) in [6.07, 6.45) is 0.724. The summed E-state index contributed by atoms with van der Waals surface area (Å²) in [7, 11) is 0. The van der Waals surface area contributed by atoms with Crippen LogP contribution >= 0.6 is 11.6 Å². The van der Waals surface area contributed by atoms with E-state index in [0.717, 1.165) is 12.0 Å². The quantitative estimate of drug-likeness (QED) is 0.792. The molecule has 20 heavy (non-hydrogen) atoms. The van der Waals surface area contributed by atoms with Gasteiger partial charge in [-0.25, -0.2) is 4.79 Å². The predicted molar refractivity (Wildman–Crippen MR) is 73.8 cm³/mol. The van der Waals surface area contributed by atoms with E-state index in [2.05, 4.69) is 10.2 Å². The summed E-state index contributed by atoms with van der Waals surface area (Å²) in [6.45, 7) is 3.95. The molecule has 6 heteroatoms. The second kappa shape index (κ2) is 6.52. The highest BCUT2D eigenvalue weighted by Gasteiger charge is 2.19. The lowest BCUT2D eigenvalue weighted by Crippen LogP contribution is -2.04. The van der Waals surface area contributed by atoms with Crippen LogP contribution in [0.3, 0.4) is 0 Å². The van der Waals surface area contributed by atoms with E-state index < -0.39 is 5.97 Å². The van der Waals surface area contributed by atoms with Crippen molar-refractivity contribution in [1.29, 1.82) is 0 Å². The van der Waals surface area contributed by atoms with Crippen LogP contribution in [0.4, 0.5) is 0 Å². The molecule has 0 saturated carbocycles. The number of ether oxygens (including phenoxy) is 1. The van der Waals surface area contributed by atoms with Gasteiger partial charge in [-0.1, -0.05) is 30.7 Å². The van der Waals surface area contributed by atoms with Crippen LogP contribution in [0.5, 0.6) is 0 Å². The molecule has 0 aliphatic carbocycles. The van der Waals surface area contributed by atoms with E-state index in [1.807, 2.05) is 31.2 Å². The van der Waals surface area contributed by atoms with E-state index in [0.29, 0.717) is 10.9 Å². The number of aromatic nitrogens is 2. The zero-order valence-electron chi connectivity index (χ0n) is 11.3.